The average Bonchev–Trinajstić information content (AvgIpc) is 1.98. The van der Waals surface area contributed by atoms with Crippen LogP contribution in [-0.4, -0.2) is 5.11 Å². The number of phenols is 1. The normalized spacial score (nSPS) is 10.7. The van der Waals surface area contributed by atoms with Crippen LogP contribution in [0.5, 0.6) is 5.75 Å². The van der Waals surface area contributed by atoms with Gasteiger partial charge in [0.15, 0.2) is 0 Å². The third-order valence-electron chi connectivity index (χ3n) is 1.53. The molecule has 0 bridgehead atoms. The molecule has 1 heteroatoms. The van der Waals surface area contributed by atoms with Gasteiger partial charge in [-0.3, -0.25) is 0 Å². The van der Waals surface area contributed by atoms with Crippen LogP contribution in [0.25, 0.3) is 6.08 Å². The first-order valence-corrected chi connectivity index (χ1v) is 3.66. The van der Waals surface area contributed by atoms with Gasteiger partial charge >= 0.3 is 0 Å². The molecule has 1 N–H and O–H groups in total. The molecule has 1 aromatic carbocycles. The van der Waals surface area contributed by atoms with E-state index in [4.69, 9.17) is 0 Å². The zero-order valence-corrected chi connectivity index (χ0v) is 6.83. The molecule has 0 amide bonds. The number of allylic oxidation sites excluding steroid dienone is 1. The summed E-state index contributed by atoms with van der Waals surface area (Å²) in [7, 11) is 0. The maximum atomic E-state index is 9.31. The second-order valence-corrected chi connectivity index (χ2v) is 2.56. The molecule has 0 aliphatic rings. The minimum Gasteiger partial charge on any atom is -0.507 e. The van der Waals surface area contributed by atoms with E-state index in [0.29, 0.717) is 5.75 Å². The number of benzene rings is 1. The molecule has 0 radical (unpaired) electrons. The van der Waals surface area contributed by atoms with Crippen molar-refractivity contribution in [3.8, 4) is 5.75 Å². The van der Waals surface area contributed by atoms with Gasteiger partial charge in [0.1, 0.15) is 5.75 Å². The SMILES string of the molecule is C/C=C\c1cc(C)ccc1O. The van der Waals surface area contributed by atoms with E-state index in [0.717, 1.165) is 11.1 Å². The molecule has 1 nitrogen and oxygen atoms in total. The van der Waals surface area contributed by atoms with Gasteiger partial charge in [0, 0.05) is 5.56 Å². The lowest BCUT2D eigenvalue weighted by Gasteiger charge is -1.99. The van der Waals surface area contributed by atoms with Gasteiger partial charge in [-0.15, -0.1) is 0 Å². The van der Waals surface area contributed by atoms with Crippen molar-refractivity contribution < 1.29 is 5.11 Å². The minimum atomic E-state index is 0.341. The molecule has 11 heavy (non-hydrogen) atoms. The van der Waals surface area contributed by atoms with Crippen molar-refractivity contribution >= 4 is 6.08 Å². The fraction of sp³-hybridized carbons (Fsp3) is 0.200. The molecule has 0 saturated carbocycles. The van der Waals surface area contributed by atoms with Crippen LogP contribution in [-0.2, 0) is 0 Å². The molecule has 0 fully saturated rings. The Kier molecular flexibility index (Phi) is 2.32. The second-order valence-electron chi connectivity index (χ2n) is 2.56. The van der Waals surface area contributed by atoms with E-state index in [9.17, 15) is 5.11 Å². The predicted octanol–water partition coefficient (Wildman–Crippen LogP) is 2.73. The zero-order chi connectivity index (χ0) is 8.27. The summed E-state index contributed by atoms with van der Waals surface area (Å²) < 4.78 is 0. The fourth-order valence-electron chi connectivity index (χ4n) is 0.987. The molecule has 1 aromatic rings. The van der Waals surface area contributed by atoms with Crippen LogP contribution in [0, 0.1) is 6.92 Å². The van der Waals surface area contributed by atoms with Crippen molar-refractivity contribution in [1.29, 1.82) is 0 Å². The fourth-order valence-corrected chi connectivity index (χ4v) is 0.987. The summed E-state index contributed by atoms with van der Waals surface area (Å²) in [4.78, 5) is 0. The zero-order valence-electron chi connectivity index (χ0n) is 6.83. The Hall–Kier alpha value is -1.24. The van der Waals surface area contributed by atoms with Crippen molar-refractivity contribution in [1.82, 2.24) is 0 Å². The molecule has 0 aliphatic heterocycles. The van der Waals surface area contributed by atoms with E-state index in [-0.39, 0.29) is 0 Å². The van der Waals surface area contributed by atoms with Crippen LogP contribution in [0.3, 0.4) is 0 Å². The first-order chi connectivity index (χ1) is 5.24. The van der Waals surface area contributed by atoms with Gasteiger partial charge in [-0.2, -0.15) is 0 Å². The molecule has 0 aromatic heterocycles. The summed E-state index contributed by atoms with van der Waals surface area (Å²) in [6, 6.07) is 5.56. The van der Waals surface area contributed by atoms with E-state index >= 15 is 0 Å². The first-order valence-electron chi connectivity index (χ1n) is 3.66. The van der Waals surface area contributed by atoms with Gasteiger partial charge in [0.2, 0.25) is 0 Å². The maximum absolute atomic E-state index is 9.31. The Morgan fingerprint density at radius 2 is 2.09 bits per heavy atom. The van der Waals surface area contributed by atoms with E-state index in [2.05, 4.69) is 0 Å². The number of hydrogen-bond acceptors (Lipinski definition) is 1. The molecule has 1 rings (SSSR count). The molecule has 0 unspecified atom stereocenters. The van der Waals surface area contributed by atoms with E-state index in [1.54, 1.807) is 6.07 Å². The summed E-state index contributed by atoms with van der Waals surface area (Å²) in [5.74, 6) is 0.341. The lowest BCUT2D eigenvalue weighted by atomic mass is 10.1. The first kappa shape index (κ1) is 7.86. The number of hydrogen-bond donors (Lipinski definition) is 1. The quantitative estimate of drug-likeness (QED) is 0.649. The average molecular weight is 148 g/mol. The number of phenolic OH excluding ortho intramolecular Hbond substituents is 1. The van der Waals surface area contributed by atoms with E-state index in [1.165, 1.54) is 0 Å². The molecule has 0 atom stereocenters. The Morgan fingerprint density at radius 1 is 1.36 bits per heavy atom. The smallest absolute Gasteiger partial charge is 0.122 e. The third kappa shape index (κ3) is 1.84. The van der Waals surface area contributed by atoms with Crippen molar-refractivity contribution in [2.75, 3.05) is 0 Å². The molecular weight excluding hydrogens is 136 g/mol. The summed E-state index contributed by atoms with van der Waals surface area (Å²) in [5.41, 5.74) is 2.04. The summed E-state index contributed by atoms with van der Waals surface area (Å²) >= 11 is 0. The highest BCUT2D eigenvalue weighted by molar-refractivity contribution is 5.57. The number of aromatic hydroxyl groups is 1. The topological polar surface area (TPSA) is 20.2 Å². The Bertz CT molecular complexity index is 274. The highest BCUT2D eigenvalue weighted by Gasteiger charge is 1.94. The van der Waals surface area contributed by atoms with Gasteiger partial charge in [-0.25, -0.2) is 0 Å². The number of rotatable bonds is 1. The van der Waals surface area contributed by atoms with E-state index in [1.807, 2.05) is 38.1 Å². The summed E-state index contributed by atoms with van der Waals surface area (Å²) in [6.07, 6.45) is 3.80. The van der Waals surface area contributed by atoms with Gasteiger partial charge in [0.25, 0.3) is 0 Å². The standard InChI is InChI=1S/C10H12O/c1-3-4-9-7-8(2)5-6-10(9)11/h3-7,11H,1-2H3/b4-3-. The lowest BCUT2D eigenvalue weighted by Crippen LogP contribution is -1.76. The van der Waals surface area contributed by atoms with Crippen molar-refractivity contribution in [3.05, 3.63) is 35.4 Å². The van der Waals surface area contributed by atoms with Gasteiger partial charge in [-0.1, -0.05) is 23.8 Å². The highest BCUT2D eigenvalue weighted by atomic mass is 16.3. The van der Waals surface area contributed by atoms with E-state index < -0.39 is 0 Å². The Balaban J connectivity index is 3.12. The predicted molar refractivity (Wildman–Crippen MR) is 47.6 cm³/mol. The van der Waals surface area contributed by atoms with Crippen LogP contribution in [0.2, 0.25) is 0 Å². The van der Waals surface area contributed by atoms with Gasteiger partial charge in [-0.05, 0) is 26.0 Å². The van der Waals surface area contributed by atoms with Crippen molar-refractivity contribution in [2.24, 2.45) is 0 Å². The van der Waals surface area contributed by atoms with Crippen LogP contribution in [0.4, 0.5) is 0 Å². The molecule has 0 heterocycles. The van der Waals surface area contributed by atoms with Gasteiger partial charge in [0.05, 0.1) is 0 Å². The van der Waals surface area contributed by atoms with Crippen LogP contribution < -0.4 is 0 Å². The molecular formula is C10H12O. The Morgan fingerprint density at radius 3 is 2.73 bits per heavy atom. The minimum absolute atomic E-state index is 0.341. The summed E-state index contributed by atoms with van der Waals surface area (Å²) in [5, 5.41) is 9.31. The van der Waals surface area contributed by atoms with Crippen molar-refractivity contribution in [2.45, 2.75) is 13.8 Å². The Labute approximate surface area is 67.0 Å². The van der Waals surface area contributed by atoms with Gasteiger partial charge < -0.3 is 5.11 Å². The maximum Gasteiger partial charge on any atom is 0.122 e. The summed E-state index contributed by atoms with van der Waals surface area (Å²) in [6.45, 7) is 3.94. The number of aryl methyl sites for hydroxylation is 1. The molecule has 0 spiro atoms. The second kappa shape index (κ2) is 3.24. The molecule has 0 saturated heterocycles. The largest absolute Gasteiger partial charge is 0.507 e. The van der Waals surface area contributed by atoms with Crippen LogP contribution in [0.15, 0.2) is 24.3 Å². The molecule has 58 valence electrons. The third-order valence-corrected chi connectivity index (χ3v) is 1.53. The monoisotopic (exact) mass is 148 g/mol. The highest BCUT2D eigenvalue weighted by Crippen LogP contribution is 2.19. The van der Waals surface area contributed by atoms with Crippen LogP contribution >= 0.6 is 0 Å². The lowest BCUT2D eigenvalue weighted by molar-refractivity contribution is 0.474. The van der Waals surface area contributed by atoms with Crippen molar-refractivity contribution in [3.63, 3.8) is 0 Å². The van der Waals surface area contributed by atoms with Crippen LogP contribution in [0.1, 0.15) is 18.1 Å². The molecule has 0 aliphatic carbocycles.